The molecule has 1 saturated heterocycles. The van der Waals surface area contributed by atoms with E-state index in [1.165, 1.54) is 16.8 Å². The number of anilines is 1. The van der Waals surface area contributed by atoms with Crippen LogP contribution in [0.3, 0.4) is 0 Å². The summed E-state index contributed by atoms with van der Waals surface area (Å²) >= 11 is 0. The van der Waals surface area contributed by atoms with E-state index in [-0.39, 0.29) is 5.75 Å². The Hall–Kier alpha value is -1.07. The molecule has 1 aromatic carbocycles. The number of benzene rings is 1. The van der Waals surface area contributed by atoms with Gasteiger partial charge in [-0.25, -0.2) is 8.42 Å². The number of piperazine rings is 1. The maximum atomic E-state index is 12.2. The zero-order valence-corrected chi connectivity index (χ0v) is 14.1. The summed E-state index contributed by atoms with van der Waals surface area (Å²) in [6, 6.07) is 6.51. The number of hydrogen-bond donors (Lipinski definition) is 0. The SMILES string of the molecule is CCCCS(=O)(=O)N1CCN(c2cc(C)cc(C)c2)CC1. The molecule has 0 N–H and O–H groups in total. The van der Waals surface area contributed by atoms with Crippen molar-refractivity contribution < 1.29 is 8.42 Å². The average molecular weight is 310 g/mol. The number of aryl methyl sites for hydroxylation is 2. The molecule has 0 unspecified atom stereocenters. The van der Waals surface area contributed by atoms with Crippen LogP contribution in [0.2, 0.25) is 0 Å². The van der Waals surface area contributed by atoms with Crippen LogP contribution in [0.25, 0.3) is 0 Å². The summed E-state index contributed by atoms with van der Waals surface area (Å²) in [5, 5.41) is 0. The molecule has 21 heavy (non-hydrogen) atoms. The van der Waals surface area contributed by atoms with E-state index in [0.717, 1.165) is 25.9 Å². The molecule has 118 valence electrons. The van der Waals surface area contributed by atoms with Gasteiger partial charge in [-0.15, -0.1) is 0 Å². The van der Waals surface area contributed by atoms with Crippen LogP contribution in [0.5, 0.6) is 0 Å². The molecule has 1 aliphatic rings. The summed E-state index contributed by atoms with van der Waals surface area (Å²) < 4.78 is 26.1. The number of unbranched alkanes of at least 4 members (excludes halogenated alkanes) is 1. The smallest absolute Gasteiger partial charge is 0.214 e. The predicted octanol–water partition coefficient (Wildman–Crippen LogP) is 2.56. The van der Waals surface area contributed by atoms with E-state index in [9.17, 15) is 8.42 Å². The number of nitrogens with zero attached hydrogens (tertiary/aromatic N) is 2. The lowest BCUT2D eigenvalue weighted by atomic mass is 10.1. The number of rotatable bonds is 5. The monoisotopic (exact) mass is 310 g/mol. The molecule has 1 aliphatic heterocycles. The maximum Gasteiger partial charge on any atom is 0.214 e. The van der Waals surface area contributed by atoms with Gasteiger partial charge in [-0.1, -0.05) is 19.4 Å². The zero-order valence-electron chi connectivity index (χ0n) is 13.3. The van der Waals surface area contributed by atoms with Crippen molar-refractivity contribution in [3.8, 4) is 0 Å². The van der Waals surface area contributed by atoms with Crippen molar-refractivity contribution in [1.82, 2.24) is 4.31 Å². The van der Waals surface area contributed by atoms with E-state index in [1.54, 1.807) is 4.31 Å². The summed E-state index contributed by atoms with van der Waals surface area (Å²) in [6.45, 7) is 8.96. The summed E-state index contributed by atoms with van der Waals surface area (Å²) in [6.07, 6.45) is 1.67. The highest BCUT2D eigenvalue weighted by Crippen LogP contribution is 2.21. The minimum Gasteiger partial charge on any atom is -0.369 e. The van der Waals surface area contributed by atoms with Crippen LogP contribution in [-0.4, -0.2) is 44.7 Å². The number of hydrogen-bond acceptors (Lipinski definition) is 3. The highest BCUT2D eigenvalue weighted by atomic mass is 32.2. The van der Waals surface area contributed by atoms with Crippen molar-refractivity contribution >= 4 is 15.7 Å². The molecular formula is C16H26N2O2S. The Morgan fingerprint density at radius 2 is 1.57 bits per heavy atom. The van der Waals surface area contributed by atoms with Crippen LogP contribution < -0.4 is 4.90 Å². The Morgan fingerprint density at radius 3 is 2.10 bits per heavy atom. The van der Waals surface area contributed by atoms with Gasteiger partial charge in [0.15, 0.2) is 0 Å². The Balaban J connectivity index is 2.00. The lowest BCUT2D eigenvalue weighted by Crippen LogP contribution is -2.49. The lowest BCUT2D eigenvalue weighted by Gasteiger charge is -2.35. The molecule has 1 fully saturated rings. The van der Waals surface area contributed by atoms with Gasteiger partial charge in [0.2, 0.25) is 10.0 Å². The van der Waals surface area contributed by atoms with Crippen molar-refractivity contribution in [1.29, 1.82) is 0 Å². The van der Waals surface area contributed by atoms with Gasteiger partial charge in [-0.05, 0) is 43.5 Å². The molecule has 0 radical (unpaired) electrons. The second kappa shape index (κ2) is 6.79. The molecule has 0 aromatic heterocycles. The molecular weight excluding hydrogens is 284 g/mol. The first-order chi connectivity index (χ1) is 9.92. The molecule has 0 atom stereocenters. The molecule has 0 aliphatic carbocycles. The fourth-order valence-corrected chi connectivity index (χ4v) is 4.44. The quantitative estimate of drug-likeness (QED) is 0.839. The van der Waals surface area contributed by atoms with Gasteiger partial charge in [0.25, 0.3) is 0 Å². The van der Waals surface area contributed by atoms with Crippen LogP contribution in [0.1, 0.15) is 30.9 Å². The second-order valence-electron chi connectivity index (χ2n) is 5.90. The van der Waals surface area contributed by atoms with Crippen LogP contribution in [0.4, 0.5) is 5.69 Å². The molecule has 0 bridgehead atoms. The Bertz CT molecular complexity index is 556. The fraction of sp³-hybridized carbons (Fsp3) is 0.625. The molecule has 4 nitrogen and oxygen atoms in total. The minimum atomic E-state index is -3.06. The highest BCUT2D eigenvalue weighted by Gasteiger charge is 2.26. The Kier molecular flexibility index (Phi) is 5.27. The van der Waals surface area contributed by atoms with Crippen LogP contribution >= 0.6 is 0 Å². The normalized spacial score (nSPS) is 17.2. The molecule has 1 heterocycles. The number of sulfonamides is 1. The van der Waals surface area contributed by atoms with E-state index >= 15 is 0 Å². The van der Waals surface area contributed by atoms with Gasteiger partial charge >= 0.3 is 0 Å². The predicted molar refractivity (Wildman–Crippen MR) is 88.4 cm³/mol. The van der Waals surface area contributed by atoms with Gasteiger partial charge in [0.1, 0.15) is 0 Å². The summed E-state index contributed by atoms with van der Waals surface area (Å²) in [7, 11) is -3.06. The first kappa shape index (κ1) is 16.3. The van der Waals surface area contributed by atoms with Gasteiger partial charge in [0, 0.05) is 31.9 Å². The standard InChI is InChI=1S/C16H26N2O2S/c1-4-5-10-21(19,20)18-8-6-17(7-9-18)16-12-14(2)11-15(3)13-16/h11-13H,4-10H2,1-3H3. The third-order valence-electron chi connectivity index (χ3n) is 3.96. The van der Waals surface area contributed by atoms with Crippen molar-refractivity contribution in [2.24, 2.45) is 0 Å². The van der Waals surface area contributed by atoms with Gasteiger partial charge in [0.05, 0.1) is 5.75 Å². The molecule has 0 spiro atoms. The van der Waals surface area contributed by atoms with Gasteiger partial charge in [-0.2, -0.15) is 4.31 Å². The van der Waals surface area contributed by atoms with Gasteiger partial charge in [-0.3, -0.25) is 0 Å². The molecule has 2 rings (SSSR count). The van der Waals surface area contributed by atoms with E-state index in [4.69, 9.17) is 0 Å². The third-order valence-corrected chi connectivity index (χ3v) is 5.92. The Morgan fingerprint density at radius 1 is 1.00 bits per heavy atom. The van der Waals surface area contributed by atoms with E-state index in [0.29, 0.717) is 13.1 Å². The first-order valence-electron chi connectivity index (χ1n) is 7.73. The maximum absolute atomic E-state index is 12.2. The van der Waals surface area contributed by atoms with Crippen molar-refractivity contribution in [3.63, 3.8) is 0 Å². The van der Waals surface area contributed by atoms with E-state index in [1.807, 2.05) is 6.92 Å². The van der Waals surface area contributed by atoms with Crippen LogP contribution in [0, 0.1) is 13.8 Å². The Labute approximate surface area is 128 Å². The van der Waals surface area contributed by atoms with E-state index < -0.39 is 10.0 Å². The summed E-state index contributed by atoms with van der Waals surface area (Å²) in [5.74, 6) is 0.285. The fourth-order valence-electron chi connectivity index (χ4n) is 2.81. The molecule has 1 aromatic rings. The largest absolute Gasteiger partial charge is 0.369 e. The first-order valence-corrected chi connectivity index (χ1v) is 9.34. The van der Waals surface area contributed by atoms with Crippen LogP contribution in [-0.2, 0) is 10.0 Å². The third kappa shape index (κ3) is 4.20. The van der Waals surface area contributed by atoms with Crippen molar-refractivity contribution in [3.05, 3.63) is 29.3 Å². The second-order valence-corrected chi connectivity index (χ2v) is 7.99. The highest BCUT2D eigenvalue weighted by molar-refractivity contribution is 7.89. The van der Waals surface area contributed by atoms with Crippen LogP contribution in [0.15, 0.2) is 18.2 Å². The summed E-state index contributed by atoms with van der Waals surface area (Å²) in [5.41, 5.74) is 3.71. The minimum absolute atomic E-state index is 0.285. The summed E-state index contributed by atoms with van der Waals surface area (Å²) in [4.78, 5) is 2.28. The van der Waals surface area contributed by atoms with E-state index in [2.05, 4.69) is 36.9 Å². The molecule has 0 saturated carbocycles. The lowest BCUT2D eigenvalue weighted by molar-refractivity contribution is 0.384. The average Bonchev–Trinajstić information content (AvgIpc) is 2.44. The molecule has 5 heteroatoms. The van der Waals surface area contributed by atoms with Gasteiger partial charge < -0.3 is 4.90 Å². The zero-order chi connectivity index (χ0) is 15.5. The van der Waals surface area contributed by atoms with Crippen molar-refractivity contribution in [2.75, 3.05) is 36.8 Å². The molecule has 0 amide bonds. The van der Waals surface area contributed by atoms with Crippen molar-refractivity contribution in [2.45, 2.75) is 33.6 Å². The topological polar surface area (TPSA) is 40.6 Å².